The molecule has 0 amide bonds. The SMILES string of the molecule is CCCc1cc(NC)nc(-c2cccc(OC)n2)n1. The molecule has 2 heterocycles. The molecule has 1 N–H and O–H groups in total. The molecule has 0 aliphatic carbocycles. The highest BCUT2D eigenvalue weighted by atomic mass is 16.5. The highest BCUT2D eigenvalue weighted by Gasteiger charge is 2.08. The Morgan fingerprint density at radius 1 is 1.21 bits per heavy atom. The van der Waals surface area contributed by atoms with Gasteiger partial charge in [-0.3, -0.25) is 0 Å². The lowest BCUT2D eigenvalue weighted by molar-refractivity contribution is 0.398. The van der Waals surface area contributed by atoms with E-state index in [1.807, 2.05) is 25.2 Å². The first-order valence-corrected chi connectivity index (χ1v) is 6.34. The molecule has 5 heteroatoms. The van der Waals surface area contributed by atoms with Crippen molar-refractivity contribution in [3.05, 3.63) is 30.0 Å². The summed E-state index contributed by atoms with van der Waals surface area (Å²) in [5.41, 5.74) is 1.73. The van der Waals surface area contributed by atoms with Crippen LogP contribution in [0.4, 0.5) is 5.82 Å². The van der Waals surface area contributed by atoms with Crippen LogP contribution in [0.15, 0.2) is 24.3 Å². The van der Waals surface area contributed by atoms with Gasteiger partial charge in [0.1, 0.15) is 11.5 Å². The Morgan fingerprint density at radius 2 is 2.05 bits per heavy atom. The van der Waals surface area contributed by atoms with Gasteiger partial charge in [-0.15, -0.1) is 0 Å². The van der Waals surface area contributed by atoms with Crippen molar-refractivity contribution in [2.75, 3.05) is 19.5 Å². The second kappa shape index (κ2) is 6.13. The van der Waals surface area contributed by atoms with Crippen LogP contribution in [-0.4, -0.2) is 29.1 Å². The first kappa shape index (κ1) is 13.3. The van der Waals surface area contributed by atoms with Gasteiger partial charge >= 0.3 is 0 Å². The summed E-state index contributed by atoms with van der Waals surface area (Å²) in [6.07, 6.45) is 1.97. The summed E-state index contributed by atoms with van der Waals surface area (Å²) >= 11 is 0. The topological polar surface area (TPSA) is 59.9 Å². The fourth-order valence-corrected chi connectivity index (χ4v) is 1.78. The predicted molar refractivity (Wildman–Crippen MR) is 75.4 cm³/mol. The van der Waals surface area contributed by atoms with Crippen molar-refractivity contribution < 1.29 is 4.74 Å². The highest BCUT2D eigenvalue weighted by Crippen LogP contribution is 2.19. The fourth-order valence-electron chi connectivity index (χ4n) is 1.78. The average molecular weight is 258 g/mol. The van der Waals surface area contributed by atoms with Crippen molar-refractivity contribution >= 4 is 5.82 Å². The molecule has 0 radical (unpaired) electrons. The van der Waals surface area contributed by atoms with E-state index >= 15 is 0 Å². The molecule has 0 bridgehead atoms. The van der Waals surface area contributed by atoms with Gasteiger partial charge in [0, 0.05) is 24.9 Å². The number of nitrogens with one attached hydrogen (secondary N) is 1. The minimum Gasteiger partial charge on any atom is -0.481 e. The maximum absolute atomic E-state index is 5.13. The zero-order chi connectivity index (χ0) is 13.7. The van der Waals surface area contributed by atoms with E-state index in [2.05, 4.69) is 27.2 Å². The molecule has 0 aliphatic heterocycles. The standard InChI is InChI=1S/C14H18N4O/c1-4-6-10-9-12(15-2)18-14(16-10)11-7-5-8-13(17-11)19-3/h5,7-9H,4,6H2,1-3H3,(H,15,16,18). The van der Waals surface area contributed by atoms with Crippen LogP contribution in [0.5, 0.6) is 5.88 Å². The van der Waals surface area contributed by atoms with Gasteiger partial charge in [-0.2, -0.15) is 0 Å². The minimum atomic E-state index is 0.563. The summed E-state index contributed by atoms with van der Waals surface area (Å²) in [6, 6.07) is 7.54. The van der Waals surface area contributed by atoms with Crippen molar-refractivity contribution in [3.63, 3.8) is 0 Å². The molecule has 0 unspecified atom stereocenters. The van der Waals surface area contributed by atoms with Gasteiger partial charge in [0.15, 0.2) is 5.82 Å². The van der Waals surface area contributed by atoms with Gasteiger partial charge in [0.2, 0.25) is 5.88 Å². The molecule has 2 rings (SSSR count). The van der Waals surface area contributed by atoms with Gasteiger partial charge in [0.25, 0.3) is 0 Å². The molecule has 19 heavy (non-hydrogen) atoms. The van der Waals surface area contributed by atoms with Crippen LogP contribution in [-0.2, 0) is 6.42 Å². The van der Waals surface area contributed by atoms with E-state index in [0.29, 0.717) is 17.4 Å². The van der Waals surface area contributed by atoms with Crippen LogP contribution in [0.3, 0.4) is 0 Å². The van der Waals surface area contributed by atoms with Gasteiger partial charge in [-0.05, 0) is 12.5 Å². The Labute approximate surface area is 113 Å². The second-order valence-electron chi connectivity index (χ2n) is 4.13. The first-order chi connectivity index (χ1) is 9.26. The Morgan fingerprint density at radius 3 is 2.74 bits per heavy atom. The highest BCUT2D eigenvalue weighted by molar-refractivity contribution is 5.53. The molecule has 0 aliphatic rings. The number of pyridine rings is 1. The molecular formula is C14H18N4O. The second-order valence-corrected chi connectivity index (χ2v) is 4.13. The quantitative estimate of drug-likeness (QED) is 0.893. The monoisotopic (exact) mass is 258 g/mol. The van der Waals surface area contributed by atoms with E-state index in [1.54, 1.807) is 13.2 Å². The first-order valence-electron chi connectivity index (χ1n) is 6.34. The summed E-state index contributed by atoms with van der Waals surface area (Å²) in [5, 5.41) is 3.05. The van der Waals surface area contributed by atoms with Crippen LogP contribution in [0.1, 0.15) is 19.0 Å². The van der Waals surface area contributed by atoms with E-state index in [9.17, 15) is 0 Å². The number of hydrogen-bond donors (Lipinski definition) is 1. The van der Waals surface area contributed by atoms with Crippen LogP contribution in [0, 0.1) is 0 Å². The van der Waals surface area contributed by atoms with Gasteiger partial charge in [0.05, 0.1) is 7.11 Å². The largest absolute Gasteiger partial charge is 0.481 e. The molecule has 2 aromatic rings. The van der Waals surface area contributed by atoms with Crippen molar-refractivity contribution in [1.29, 1.82) is 0 Å². The van der Waals surface area contributed by atoms with E-state index in [1.165, 1.54) is 0 Å². The number of aryl methyl sites for hydroxylation is 1. The van der Waals surface area contributed by atoms with Crippen LogP contribution in [0.25, 0.3) is 11.5 Å². The molecule has 0 spiro atoms. The predicted octanol–water partition coefficient (Wildman–Crippen LogP) is 2.54. The van der Waals surface area contributed by atoms with E-state index in [0.717, 1.165) is 24.4 Å². The van der Waals surface area contributed by atoms with Gasteiger partial charge in [-0.1, -0.05) is 19.4 Å². The Kier molecular flexibility index (Phi) is 4.28. The molecular weight excluding hydrogens is 240 g/mol. The number of hydrogen-bond acceptors (Lipinski definition) is 5. The third-order valence-corrected chi connectivity index (χ3v) is 2.70. The zero-order valence-electron chi connectivity index (χ0n) is 11.5. The lowest BCUT2D eigenvalue weighted by Gasteiger charge is -2.07. The maximum atomic E-state index is 5.13. The Bertz CT molecular complexity index is 557. The maximum Gasteiger partial charge on any atom is 0.213 e. The third-order valence-electron chi connectivity index (χ3n) is 2.70. The molecule has 0 atom stereocenters. The van der Waals surface area contributed by atoms with Crippen molar-refractivity contribution in [3.8, 4) is 17.4 Å². The van der Waals surface area contributed by atoms with E-state index < -0.39 is 0 Å². The number of rotatable bonds is 5. The average Bonchev–Trinajstić information content (AvgIpc) is 2.47. The van der Waals surface area contributed by atoms with Gasteiger partial charge < -0.3 is 10.1 Å². The molecule has 0 fully saturated rings. The summed E-state index contributed by atoms with van der Waals surface area (Å²) in [6.45, 7) is 2.13. The smallest absolute Gasteiger partial charge is 0.213 e. The molecule has 0 aromatic carbocycles. The van der Waals surface area contributed by atoms with Gasteiger partial charge in [-0.25, -0.2) is 15.0 Å². The Hall–Kier alpha value is -2.17. The summed E-state index contributed by atoms with van der Waals surface area (Å²) in [5.74, 6) is 1.99. The van der Waals surface area contributed by atoms with Crippen LogP contribution >= 0.6 is 0 Å². The summed E-state index contributed by atoms with van der Waals surface area (Å²) < 4.78 is 5.13. The fraction of sp³-hybridized carbons (Fsp3) is 0.357. The number of aromatic nitrogens is 3. The molecule has 100 valence electrons. The summed E-state index contributed by atoms with van der Waals surface area (Å²) in [4.78, 5) is 13.4. The number of methoxy groups -OCH3 is 1. The van der Waals surface area contributed by atoms with E-state index in [4.69, 9.17) is 4.74 Å². The van der Waals surface area contributed by atoms with Crippen molar-refractivity contribution in [1.82, 2.24) is 15.0 Å². The number of nitrogens with zero attached hydrogens (tertiary/aromatic N) is 3. The van der Waals surface area contributed by atoms with Crippen molar-refractivity contribution in [2.24, 2.45) is 0 Å². The zero-order valence-corrected chi connectivity index (χ0v) is 11.5. The molecule has 5 nitrogen and oxygen atoms in total. The van der Waals surface area contributed by atoms with Crippen LogP contribution < -0.4 is 10.1 Å². The van der Waals surface area contributed by atoms with E-state index in [-0.39, 0.29) is 0 Å². The molecule has 0 saturated heterocycles. The summed E-state index contributed by atoms with van der Waals surface area (Å²) in [7, 11) is 3.44. The number of anilines is 1. The normalized spacial score (nSPS) is 10.3. The van der Waals surface area contributed by atoms with Crippen molar-refractivity contribution in [2.45, 2.75) is 19.8 Å². The number of ether oxygens (including phenoxy) is 1. The lowest BCUT2D eigenvalue weighted by Crippen LogP contribution is -2.02. The Balaban J connectivity index is 2.44. The third kappa shape index (κ3) is 3.19. The molecule has 0 saturated carbocycles. The minimum absolute atomic E-state index is 0.563. The molecule has 2 aromatic heterocycles. The van der Waals surface area contributed by atoms with Crippen LogP contribution in [0.2, 0.25) is 0 Å². The lowest BCUT2D eigenvalue weighted by atomic mass is 10.2.